The predicted molar refractivity (Wildman–Crippen MR) is 92.4 cm³/mol. The number of para-hydroxylation sites is 2. The molecule has 0 aliphatic rings. The minimum atomic E-state index is -3.83. The Morgan fingerprint density at radius 1 is 1.22 bits per heavy atom. The van der Waals surface area contributed by atoms with Gasteiger partial charge < -0.3 is 4.74 Å². The third-order valence-corrected chi connectivity index (χ3v) is 5.71. The second-order valence-corrected chi connectivity index (χ2v) is 7.61. The van der Waals surface area contributed by atoms with Crippen LogP contribution in [0.15, 0.2) is 51.8 Å². The lowest BCUT2D eigenvalue weighted by molar-refractivity contribution is 0.331. The van der Waals surface area contributed by atoms with E-state index < -0.39 is 10.0 Å². The first-order valence-corrected chi connectivity index (χ1v) is 9.30. The van der Waals surface area contributed by atoms with Crippen LogP contribution in [-0.4, -0.2) is 24.0 Å². The minimum absolute atomic E-state index is 0.111. The van der Waals surface area contributed by atoms with Gasteiger partial charge in [0.1, 0.15) is 16.5 Å². The highest BCUT2D eigenvalue weighted by atomic mass is 79.9. The summed E-state index contributed by atoms with van der Waals surface area (Å²) in [5.41, 5.74) is 1.19. The first-order chi connectivity index (χ1) is 10.9. The van der Waals surface area contributed by atoms with E-state index in [2.05, 4.69) is 20.9 Å². The number of benzene rings is 2. The molecule has 0 N–H and O–H groups in total. The number of ether oxygens (including phenoxy) is 1. The maximum absolute atomic E-state index is 13.2. The van der Waals surface area contributed by atoms with Gasteiger partial charge in [0.2, 0.25) is 0 Å². The van der Waals surface area contributed by atoms with E-state index in [1.165, 1.54) is 3.97 Å². The van der Waals surface area contributed by atoms with E-state index in [1.807, 2.05) is 13.0 Å². The van der Waals surface area contributed by atoms with Crippen molar-refractivity contribution in [3.63, 3.8) is 0 Å². The van der Waals surface area contributed by atoms with E-state index in [-0.39, 0.29) is 4.90 Å². The topological polar surface area (TPSA) is 61.2 Å². The summed E-state index contributed by atoms with van der Waals surface area (Å²) in [6.45, 7) is 3.88. The Hall–Kier alpha value is -1.86. The van der Waals surface area contributed by atoms with Crippen LogP contribution < -0.4 is 4.74 Å². The average Bonchev–Trinajstić information content (AvgIpc) is 2.85. The van der Waals surface area contributed by atoms with Crippen LogP contribution >= 0.6 is 15.9 Å². The van der Waals surface area contributed by atoms with Crippen molar-refractivity contribution in [1.82, 2.24) is 8.96 Å². The number of halogens is 1. The average molecular weight is 395 g/mol. The summed E-state index contributed by atoms with van der Waals surface area (Å²) in [7, 11) is -3.83. The van der Waals surface area contributed by atoms with Gasteiger partial charge in [-0.25, -0.2) is 17.4 Å². The molecule has 0 bridgehead atoms. The zero-order chi connectivity index (χ0) is 16.6. The molecule has 0 radical (unpaired) electrons. The largest absolute Gasteiger partial charge is 0.492 e. The van der Waals surface area contributed by atoms with Crippen LogP contribution in [0.3, 0.4) is 0 Å². The predicted octanol–water partition coefficient (Wildman–Crippen LogP) is 3.74. The monoisotopic (exact) mass is 394 g/mol. The number of rotatable bonds is 4. The van der Waals surface area contributed by atoms with E-state index in [9.17, 15) is 8.42 Å². The molecular weight excluding hydrogens is 380 g/mol. The minimum Gasteiger partial charge on any atom is -0.492 e. The van der Waals surface area contributed by atoms with E-state index in [1.54, 1.807) is 43.3 Å². The summed E-state index contributed by atoms with van der Waals surface area (Å²) in [4.78, 5) is 4.45. The lowest BCUT2D eigenvalue weighted by Gasteiger charge is -2.13. The molecule has 5 nitrogen and oxygen atoms in total. The molecule has 0 spiro atoms. The highest BCUT2D eigenvalue weighted by Crippen LogP contribution is 2.31. The van der Waals surface area contributed by atoms with Gasteiger partial charge in [-0.1, -0.05) is 28.1 Å². The van der Waals surface area contributed by atoms with Crippen LogP contribution in [0.25, 0.3) is 11.0 Å². The normalized spacial score (nSPS) is 11.8. The molecule has 23 heavy (non-hydrogen) atoms. The number of hydrogen-bond donors (Lipinski definition) is 0. The van der Waals surface area contributed by atoms with Crippen LogP contribution in [0.1, 0.15) is 12.7 Å². The Balaban J connectivity index is 2.30. The SMILES string of the molecule is CCOc1ccc(Br)cc1S(=O)(=O)n1c(C)nc2ccccc21. The molecule has 2 aromatic carbocycles. The molecule has 7 heteroatoms. The Labute approximate surface area is 143 Å². The number of imidazole rings is 1. The molecule has 0 atom stereocenters. The van der Waals surface area contributed by atoms with Gasteiger partial charge in [-0.2, -0.15) is 0 Å². The first-order valence-electron chi connectivity index (χ1n) is 7.07. The second kappa shape index (κ2) is 5.98. The van der Waals surface area contributed by atoms with Crippen molar-refractivity contribution in [3.05, 3.63) is 52.8 Å². The Morgan fingerprint density at radius 2 is 1.96 bits per heavy atom. The number of fused-ring (bicyclic) bond motifs is 1. The van der Waals surface area contributed by atoms with E-state index in [0.29, 0.717) is 33.7 Å². The summed E-state index contributed by atoms with van der Waals surface area (Å²) >= 11 is 3.33. The highest BCUT2D eigenvalue weighted by molar-refractivity contribution is 9.10. The Morgan fingerprint density at radius 3 is 2.70 bits per heavy atom. The first kappa shape index (κ1) is 16.0. The van der Waals surface area contributed by atoms with Crippen molar-refractivity contribution in [3.8, 4) is 5.75 Å². The van der Waals surface area contributed by atoms with Gasteiger partial charge in [0.05, 0.1) is 17.6 Å². The van der Waals surface area contributed by atoms with Gasteiger partial charge in [-0.05, 0) is 44.2 Å². The van der Waals surface area contributed by atoms with E-state index in [4.69, 9.17) is 4.74 Å². The van der Waals surface area contributed by atoms with Gasteiger partial charge >= 0.3 is 0 Å². The van der Waals surface area contributed by atoms with Crippen LogP contribution in [0.4, 0.5) is 0 Å². The van der Waals surface area contributed by atoms with Gasteiger partial charge in [0.15, 0.2) is 0 Å². The summed E-state index contributed by atoms with van der Waals surface area (Å²) < 4.78 is 33.8. The number of hydrogen-bond acceptors (Lipinski definition) is 4. The number of aromatic nitrogens is 2. The fraction of sp³-hybridized carbons (Fsp3) is 0.188. The van der Waals surface area contributed by atoms with Gasteiger partial charge in [0.25, 0.3) is 10.0 Å². The van der Waals surface area contributed by atoms with Crippen LogP contribution in [-0.2, 0) is 10.0 Å². The van der Waals surface area contributed by atoms with Crippen molar-refractivity contribution < 1.29 is 13.2 Å². The molecule has 3 rings (SSSR count). The molecule has 0 unspecified atom stereocenters. The lowest BCUT2D eigenvalue weighted by Crippen LogP contribution is -2.16. The van der Waals surface area contributed by atoms with E-state index >= 15 is 0 Å². The molecule has 0 amide bonds. The summed E-state index contributed by atoms with van der Waals surface area (Å²) in [6, 6.07) is 12.1. The molecule has 120 valence electrons. The van der Waals surface area contributed by atoms with Crippen LogP contribution in [0.5, 0.6) is 5.75 Å². The summed E-state index contributed by atoms with van der Waals surface area (Å²) in [5.74, 6) is 0.738. The smallest absolute Gasteiger partial charge is 0.273 e. The quantitative estimate of drug-likeness (QED) is 0.675. The number of aryl methyl sites for hydroxylation is 1. The molecule has 0 saturated carbocycles. The molecule has 1 heterocycles. The standard InChI is InChI=1S/C16H15BrN2O3S/c1-3-22-15-9-8-12(17)10-16(15)23(20,21)19-11(2)18-13-6-4-5-7-14(13)19/h4-10H,3H2,1-2H3. The Kier molecular flexibility index (Phi) is 4.16. The zero-order valence-corrected chi connectivity index (χ0v) is 15.1. The van der Waals surface area contributed by atoms with Crippen molar-refractivity contribution in [2.45, 2.75) is 18.7 Å². The fourth-order valence-corrected chi connectivity index (χ4v) is 4.65. The van der Waals surface area contributed by atoms with Crippen LogP contribution in [0, 0.1) is 6.92 Å². The lowest BCUT2D eigenvalue weighted by atomic mass is 10.3. The zero-order valence-electron chi connectivity index (χ0n) is 12.7. The van der Waals surface area contributed by atoms with Crippen molar-refractivity contribution in [2.75, 3.05) is 6.61 Å². The second-order valence-electron chi connectivity index (χ2n) is 4.94. The van der Waals surface area contributed by atoms with Gasteiger partial charge in [-0.3, -0.25) is 0 Å². The Bertz CT molecular complexity index is 980. The maximum atomic E-state index is 13.2. The van der Waals surface area contributed by atoms with E-state index in [0.717, 1.165) is 0 Å². The summed E-state index contributed by atoms with van der Waals surface area (Å²) in [6.07, 6.45) is 0. The maximum Gasteiger partial charge on any atom is 0.273 e. The van der Waals surface area contributed by atoms with Crippen LogP contribution in [0.2, 0.25) is 0 Å². The molecule has 1 aromatic heterocycles. The third-order valence-electron chi connectivity index (χ3n) is 3.40. The molecular formula is C16H15BrN2O3S. The van der Waals surface area contributed by atoms with Crippen molar-refractivity contribution in [1.29, 1.82) is 0 Å². The molecule has 0 saturated heterocycles. The molecule has 3 aromatic rings. The highest BCUT2D eigenvalue weighted by Gasteiger charge is 2.26. The molecule has 0 aliphatic heterocycles. The summed E-state index contributed by atoms with van der Waals surface area (Å²) in [5, 5.41) is 0. The van der Waals surface area contributed by atoms with Crippen molar-refractivity contribution >= 4 is 37.0 Å². The number of nitrogens with zero attached hydrogens (tertiary/aromatic N) is 2. The third kappa shape index (κ3) is 2.74. The molecule has 0 fully saturated rings. The fourth-order valence-electron chi connectivity index (χ4n) is 2.48. The van der Waals surface area contributed by atoms with Gasteiger partial charge in [-0.15, -0.1) is 0 Å². The van der Waals surface area contributed by atoms with Gasteiger partial charge in [0, 0.05) is 4.47 Å². The van der Waals surface area contributed by atoms with Crippen molar-refractivity contribution in [2.24, 2.45) is 0 Å². The molecule has 0 aliphatic carbocycles.